The number of nitrogens with zero attached hydrogens (tertiary/aromatic N) is 1. The lowest BCUT2D eigenvalue weighted by Gasteiger charge is -2.17. The van der Waals surface area contributed by atoms with Crippen molar-refractivity contribution in [2.75, 3.05) is 25.1 Å². The van der Waals surface area contributed by atoms with Crippen molar-refractivity contribution in [2.24, 2.45) is 0 Å². The van der Waals surface area contributed by atoms with Gasteiger partial charge in [0.15, 0.2) is 6.79 Å². The molecule has 0 radical (unpaired) electrons. The lowest BCUT2D eigenvalue weighted by Crippen LogP contribution is -2.15. The van der Waals surface area contributed by atoms with Crippen molar-refractivity contribution in [3.05, 3.63) is 71.3 Å². The highest BCUT2D eigenvalue weighted by atomic mass is 35.5. The van der Waals surface area contributed by atoms with E-state index >= 15 is 0 Å². The number of aliphatic hydroxyl groups is 1. The van der Waals surface area contributed by atoms with Crippen molar-refractivity contribution in [3.8, 4) is 11.8 Å². The summed E-state index contributed by atoms with van der Waals surface area (Å²) in [5, 5.41) is 24.6. The van der Waals surface area contributed by atoms with Crippen LogP contribution in [0.4, 0.5) is 5.69 Å². The Bertz CT molecular complexity index is 1090. The van der Waals surface area contributed by atoms with E-state index in [2.05, 4.69) is 11.4 Å². The van der Waals surface area contributed by atoms with Gasteiger partial charge in [-0.05, 0) is 58.3 Å². The molecule has 0 aliphatic heterocycles. The molecular formula is C23H21ClN2O4. The number of ether oxygens (including phenoxy) is 2. The maximum Gasteiger partial charge on any atom is 0.239 e. The lowest BCUT2D eigenvalue weighted by atomic mass is 9.97. The van der Waals surface area contributed by atoms with Crippen LogP contribution in [0.3, 0.4) is 0 Å². The van der Waals surface area contributed by atoms with Crippen LogP contribution in [0.5, 0.6) is 5.75 Å². The minimum absolute atomic E-state index is 0.0846. The third-order valence-corrected chi connectivity index (χ3v) is 4.85. The van der Waals surface area contributed by atoms with Crippen molar-refractivity contribution >= 4 is 34.0 Å². The number of nitriles is 1. The number of rotatable bonds is 8. The first-order valence-corrected chi connectivity index (χ1v) is 9.80. The molecule has 6 nitrogen and oxygen atoms in total. The minimum Gasteiger partial charge on any atom is -0.468 e. The van der Waals surface area contributed by atoms with Crippen LogP contribution in [0.1, 0.15) is 22.8 Å². The Kier molecular flexibility index (Phi) is 7.26. The number of anilines is 1. The third-order valence-electron chi connectivity index (χ3n) is 4.61. The summed E-state index contributed by atoms with van der Waals surface area (Å²) in [5.74, 6) is 0.0447. The maximum atomic E-state index is 11.8. The van der Waals surface area contributed by atoms with Crippen LogP contribution in [0.2, 0.25) is 0 Å². The quantitative estimate of drug-likeness (QED) is 0.418. The number of amides is 1. The van der Waals surface area contributed by atoms with Gasteiger partial charge in [-0.1, -0.05) is 18.2 Å². The molecule has 0 bridgehead atoms. The summed E-state index contributed by atoms with van der Waals surface area (Å²) >= 11 is 5.61. The van der Waals surface area contributed by atoms with E-state index in [4.69, 9.17) is 26.3 Å². The van der Waals surface area contributed by atoms with E-state index in [-0.39, 0.29) is 25.0 Å². The van der Waals surface area contributed by atoms with Gasteiger partial charge >= 0.3 is 0 Å². The zero-order valence-electron chi connectivity index (χ0n) is 16.4. The van der Waals surface area contributed by atoms with Gasteiger partial charge in [-0.25, -0.2) is 0 Å². The molecule has 1 atom stereocenters. The molecule has 0 aliphatic rings. The van der Waals surface area contributed by atoms with Crippen LogP contribution in [0.15, 0.2) is 54.6 Å². The Labute approximate surface area is 179 Å². The number of nitrogens with one attached hydrogen (secondary N) is 1. The van der Waals surface area contributed by atoms with Gasteiger partial charge < -0.3 is 19.9 Å². The second kappa shape index (κ2) is 10.1. The Hall–Kier alpha value is -3.11. The summed E-state index contributed by atoms with van der Waals surface area (Å²) in [7, 11) is 1.52. The smallest absolute Gasteiger partial charge is 0.239 e. The molecule has 0 fully saturated rings. The van der Waals surface area contributed by atoms with E-state index in [9.17, 15) is 9.90 Å². The van der Waals surface area contributed by atoms with Crippen molar-refractivity contribution < 1.29 is 19.4 Å². The number of alkyl halides is 1. The topological polar surface area (TPSA) is 91.6 Å². The number of aliphatic hydroxyl groups excluding tert-OH is 1. The zero-order chi connectivity index (χ0) is 21.5. The molecule has 3 aromatic rings. The van der Waals surface area contributed by atoms with E-state index in [1.54, 1.807) is 30.3 Å². The van der Waals surface area contributed by atoms with E-state index in [0.29, 0.717) is 28.1 Å². The van der Waals surface area contributed by atoms with Crippen molar-refractivity contribution in [3.63, 3.8) is 0 Å². The maximum absolute atomic E-state index is 11.8. The van der Waals surface area contributed by atoms with E-state index in [0.717, 1.165) is 10.8 Å². The van der Waals surface area contributed by atoms with Crippen LogP contribution < -0.4 is 10.1 Å². The first-order valence-electron chi connectivity index (χ1n) is 9.26. The highest BCUT2D eigenvalue weighted by Crippen LogP contribution is 2.29. The predicted molar refractivity (Wildman–Crippen MR) is 116 cm³/mol. The van der Waals surface area contributed by atoms with E-state index < -0.39 is 6.10 Å². The van der Waals surface area contributed by atoms with Crippen LogP contribution in [-0.2, 0) is 16.0 Å². The average molecular weight is 425 g/mol. The Morgan fingerprint density at radius 3 is 2.70 bits per heavy atom. The van der Waals surface area contributed by atoms with Crippen LogP contribution >= 0.6 is 11.6 Å². The van der Waals surface area contributed by atoms with E-state index in [1.807, 2.05) is 24.3 Å². The summed E-state index contributed by atoms with van der Waals surface area (Å²) in [6.07, 6.45) is -0.588. The number of carbonyl (C=O) groups excluding carboxylic acids is 1. The summed E-state index contributed by atoms with van der Waals surface area (Å²) in [4.78, 5) is 11.8. The third kappa shape index (κ3) is 5.28. The highest BCUT2D eigenvalue weighted by Gasteiger charge is 2.15. The predicted octanol–water partition coefficient (Wildman–Crippen LogP) is 4.15. The van der Waals surface area contributed by atoms with Crippen LogP contribution in [0, 0.1) is 11.3 Å². The number of carbonyl (C=O) groups is 1. The molecule has 0 saturated carbocycles. The van der Waals surface area contributed by atoms with Gasteiger partial charge in [0.1, 0.15) is 11.6 Å². The number of halogens is 1. The van der Waals surface area contributed by atoms with Crippen LogP contribution in [0.25, 0.3) is 10.8 Å². The van der Waals surface area contributed by atoms with Gasteiger partial charge in [0.25, 0.3) is 0 Å². The number of methoxy groups -OCH3 is 1. The SMILES string of the molecule is COCOc1ccc(NC(=O)CCl)c(CC(O)c2ccc3ccc(C#N)cc3c2)c1. The Morgan fingerprint density at radius 2 is 1.97 bits per heavy atom. The molecule has 2 N–H and O–H groups in total. The first kappa shape index (κ1) is 21.6. The van der Waals surface area contributed by atoms with Gasteiger partial charge in [-0.15, -0.1) is 11.6 Å². The van der Waals surface area contributed by atoms with Gasteiger partial charge in [0.05, 0.1) is 17.7 Å². The van der Waals surface area contributed by atoms with Gasteiger partial charge in [-0.2, -0.15) is 5.26 Å². The number of fused-ring (bicyclic) bond motifs is 1. The standard InChI is InChI=1S/C23H21ClN2O4/c1-29-14-30-20-6-7-21(26-23(28)12-24)19(10-20)11-22(27)17-5-4-16-3-2-15(13-25)8-18(16)9-17/h2-10,22,27H,11-12,14H2,1H3,(H,26,28). The molecule has 154 valence electrons. The fourth-order valence-electron chi connectivity index (χ4n) is 3.13. The monoisotopic (exact) mass is 424 g/mol. The molecule has 30 heavy (non-hydrogen) atoms. The fraction of sp³-hybridized carbons (Fsp3) is 0.217. The molecule has 7 heteroatoms. The molecule has 0 heterocycles. The highest BCUT2D eigenvalue weighted by molar-refractivity contribution is 6.29. The van der Waals surface area contributed by atoms with Gasteiger partial charge in [-0.3, -0.25) is 4.79 Å². The summed E-state index contributed by atoms with van der Waals surface area (Å²) in [6.45, 7) is 0.0846. The largest absolute Gasteiger partial charge is 0.468 e. The van der Waals surface area contributed by atoms with Gasteiger partial charge in [0.2, 0.25) is 5.91 Å². The number of benzene rings is 3. The van der Waals surface area contributed by atoms with Crippen molar-refractivity contribution in [2.45, 2.75) is 12.5 Å². The molecule has 3 aromatic carbocycles. The number of hydrogen-bond donors (Lipinski definition) is 2. The molecule has 0 aromatic heterocycles. The summed E-state index contributed by atoms with van der Waals surface area (Å²) in [6, 6.07) is 18.3. The normalized spacial score (nSPS) is 11.7. The fourth-order valence-corrected chi connectivity index (χ4v) is 3.20. The lowest BCUT2D eigenvalue weighted by molar-refractivity contribution is -0.113. The van der Waals surface area contributed by atoms with E-state index in [1.165, 1.54) is 7.11 Å². The Morgan fingerprint density at radius 1 is 1.17 bits per heavy atom. The molecule has 3 rings (SSSR count). The van der Waals surface area contributed by atoms with Crippen LogP contribution in [-0.4, -0.2) is 30.8 Å². The minimum atomic E-state index is -0.829. The summed E-state index contributed by atoms with van der Waals surface area (Å²) < 4.78 is 10.4. The van der Waals surface area contributed by atoms with Crippen molar-refractivity contribution in [1.82, 2.24) is 0 Å². The molecule has 0 aliphatic carbocycles. The molecule has 0 saturated heterocycles. The second-order valence-electron chi connectivity index (χ2n) is 6.70. The Balaban J connectivity index is 1.89. The summed E-state index contributed by atoms with van der Waals surface area (Å²) in [5.41, 5.74) is 2.51. The molecule has 1 amide bonds. The van der Waals surface area contributed by atoms with Gasteiger partial charge in [0, 0.05) is 19.2 Å². The first-order chi connectivity index (χ1) is 14.5. The number of hydrogen-bond acceptors (Lipinski definition) is 5. The molecule has 0 spiro atoms. The van der Waals surface area contributed by atoms with Crippen molar-refractivity contribution in [1.29, 1.82) is 5.26 Å². The second-order valence-corrected chi connectivity index (χ2v) is 6.97. The zero-order valence-corrected chi connectivity index (χ0v) is 17.1. The average Bonchev–Trinajstić information content (AvgIpc) is 2.78. The molecular weight excluding hydrogens is 404 g/mol. The molecule has 1 unspecified atom stereocenters.